The van der Waals surface area contributed by atoms with Crippen LogP contribution in [0.25, 0.3) is 5.57 Å². The van der Waals surface area contributed by atoms with Gasteiger partial charge in [0.05, 0.1) is 10.9 Å². The van der Waals surface area contributed by atoms with Crippen LogP contribution in [0, 0.1) is 0 Å². The van der Waals surface area contributed by atoms with Crippen LogP contribution in [0.1, 0.15) is 30.2 Å². The smallest absolute Gasteiger partial charge is 0.115 e. The van der Waals surface area contributed by atoms with Crippen LogP contribution in [0.15, 0.2) is 77.5 Å². The van der Waals surface area contributed by atoms with Crippen LogP contribution >= 0.6 is 11.8 Å². The second kappa shape index (κ2) is 7.80. The Labute approximate surface area is 171 Å². The van der Waals surface area contributed by atoms with Crippen molar-refractivity contribution in [2.24, 2.45) is 0 Å². The number of thioether (sulfide) groups is 1. The predicted octanol–water partition coefficient (Wildman–Crippen LogP) is 5.78. The van der Waals surface area contributed by atoms with Crippen molar-refractivity contribution < 1.29 is 5.11 Å². The lowest BCUT2D eigenvalue weighted by molar-refractivity contribution is 0.475. The lowest BCUT2D eigenvalue weighted by atomic mass is 10.0. The summed E-state index contributed by atoms with van der Waals surface area (Å²) in [5.74, 6) is 0.298. The molecule has 0 saturated carbocycles. The fourth-order valence-corrected chi connectivity index (χ4v) is 5.15. The molecule has 0 radical (unpaired) electrons. The zero-order chi connectivity index (χ0) is 19.7. The minimum absolute atomic E-state index is 0.298. The van der Waals surface area contributed by atoms with Crippen molar-refractivity contribution in [1.82, 2.24) is 4.90 Å². The zero-order valence-corrected chi connectivity index (χ0v) is 17.4. The number of phenols is 1. The second-order valence-corrected chi connectivity index (χ2v) is 8.22. The highest BCUT2D eigenvalue weighted by molar-refractivity contribution is 8.04. The number of phenolic OH excluding ortho intramolecular Hbond substituents is 1. The molecule has 2 aromatic rings. The van der Waals surface area contributed by atoms with Gasteiger partial charge >= 0.3 is 0 Å². The van der Waals surface area contributed by atoms with E-state index in [1.165, 1.54) is 27.4 Å². The minimum atomic E-state index is 0.298. The first-order chi connectivity index (χ1) is 13.6. The SMILES string of the molecule is CCN(CC)c1ccc(C2C=C3C(=C(c4ccc(O)cc4)C=CN3C)S2)cc1. The lowest BCUT2D eigenvalue weighted by Crippen LogP contribution is -2.21. The molecule has 4 rings (SSSR count). The first kappa shape index (κ1) is 18.8. The summed E-state index contributed by atoms with van der Waals surface area (Å²) < 4.78 is 0. The van der Waals surface area contributed by atoms with Crippen molar-refractivity contribution in [2.45, 2.75) is 19.1 Å². The number of likely N-dealkylation sites (N-methyl/N-ethyl adjacent to an activating group) is 1. The molecule has 1 atom stereocenters. The Morgan fingerprint density at radius 1 is 1.00 bits per heavy atom. The second-order valence-electron chi connectivity index (χ2n) is 7.07. The molecular formula is C24H26N2OS. The molecule has 144 valence electrons. The van der Waals surface area contributed by atoms with Crippen LogP contribution in [0.3, 0.4) is 0 Å². The Balaban J connectivity index is 1.65. The standard InChI is InChI=1S/C24H26N2OS/c1-4-26(5-2)19-10-6-18(7-11-19)23-16-22-24(28-23)21(14-15-25(22)3)17-8-12-20(27)13-9-17/h6-16,23,27H,4-5H2,1-3H3. The van der Waals surface area contributed by atoms with Gasteiger partial charge in [0.1, 0.15) is 5.75 Å². The molecule has 0 aromatic heterocycles. The van der Waals surface area contributed by atoms with Gasteiger partial charge in [-0.25, -0.2) is 0 Å². The number of hydrogen-bond acceptors (Lipinski definition) is 4. The Hall–Kier alpha value is -2.59. The van der Waals surface area contributed by atoms with Gasteiger partial charge in [-0.15, -0.1) is 11.8 Å². The summed E-state index contributed by atoms with van der Waals surface area (Å²) >= 11 is 1.90. The molecule has 0 saturated heterocycles. The topological polar surface area (TPSA) is 26.7 Å². The Kier molecular flexibility index (Phi) is 5.23. The summed E-state index contributed by atoms with van der Waals surface area (Å²) in [6.07, 6.45) is 6.64. The summed E-state index contributed by atoms with van der Waals surface area (Å²) in [5, 5.41) is 9.92. The van der Waals surface area contributed by atoms with Gasteiger partial charge in [-0.3, -0.25) is 0 Å². The van der Waals surface area contributed by atoms with Crippen molar-refractivity contribution in [2.75, 3.05) is 25.0 Å². The van der Waals surface area contributed by atoms with E-state index in [1.807, 2.05) is 23.9 Å². The van der Waals surface area contributed by atoms with Gasteiger partial charge in [-0.2, -0.15) is 0 Å². The van der Waals surface area contributed by atoms with Gasteiger partial charge in [0.25, 0.3) is 0 Å². The van der Waals surface area contributed by atoms with E-state index in [9.17, 15) is 5.11 Å². The molecular weight excluding hydrogens is 364 g/mol. The van der Waals surface area contributed by atoms with Crippen LogP contribution in [-0.2, 0) is 0 Å². The van der Waals surface area contributed by atoms with Crippen LogP contribution < -0.4 is 4.90 Å². The third kappa shape index (κ3) is 3.45. The third-order valence-corrected chi connectivity index (χ3v) is 6.73. The highest BCUT2D eigenvalue weighted by atomic mass is 32.2. The van der Waals surface area contributed by atoms with E-state index in [2.05, 4.69) is 73.3 Å². The molecule has 2 aliphatic heterocycles. The molecule has 0 bridgehead atoms. The minimum Gasteiger partial charge on any atom is -0.508 e. The molecule has 4 heteroatoms. The number of anilines is 1. The van der Waals surface area contributed by atoms with Crippen molar-refractivity contribution in [3.05, 3.63) is 88.6 Å². The van der Waals surface area contributed by atoms with E-state index in [4.69, 9.17) is 0 Å². The maximum atomic E-state index is 9.61. The first-order valence-electron chi connectivity index (χ1n) is 9.79. The van der Waals surface area contributed by atoms with E-state index in [1.54, 1.807) is 12.1 Å². The van der Waals surface area contributed by atoms with Gasteiger partial charge < -0.3 is 14.9 Å². The van der Waals surface area contributed by atoms with Crippen molar-refractivity contribution in [1.29, 1.82) is 0 Å². The lowest BCUT2D eigenvalue weighted by Gasteiger charge is -2.23. The Morgan fingerprint density at radius 3 is 2.32 bits per heavy atom. The number of fused-ring (bicyclic) bond motifs is 1. The van der Waals surface area contributed by atoms with Crippen LogP contribution in [0.2, 0.25) is 0 Å². The Bertz CT molecular complexity index is 938. The summed E-state index contributed by atoms with van der Waals surface area (Å²) in [6.45, 7) is 6.44. The highest BCUT2D eigenvalue weighted by Gasteiger charge is 2.29. The Morgan fingerprint density at radius 2 is 1.68 bits per heavy atom. The van der Waals surface area contributed by atoms with Crippen molar-refractivity contribution in [3.8, 4) is 5.75 Å². The van der Waals surface area contributed by atoms with Gasteiger partial charge in [0.15, 0.2) is 0 Å². The fourth-order valence-electron chi connectivity index (χ4n) is 3.76. The predicted molar refractivity (Wildman–Crippen MR) is 120 cm³/mol. The maximum Gasteiger partial charge on any atom is 0.115 e. The quantitative estimate of drug-likeness (QED) is 0.700. The maximum absolute atomic E-state index is 9.61. The monoisotopic (exact) mass is 390 g/mol. The van der Waals surface area contributed by atoms with E-state index < -0.39 is 0 Å². The molecule has 3 nitrogen and oxygen atoms in total. The summed E-state index contributed by atoms with van der Waals surface area (Å²) in [4.78, 5) is 5.86. The number of aromatic hydroxyl groups is 1. The number of benzene rings is 2. The molecule has 1 unspecified atom stereocenters. The normalized spacial score (nSPS) is 18.3. The molecule has 28 heavy (non-hydrogen) atoms. The van der Waals surface area contributed by atoms with Crippen molar-refractivity contribution >= 4 is 23.0 Å². The van der Waals surface area contributed by atoms with Gasteiger partial charge in [-0.1, -0.05) is 24.3 Å². The first-order valence-corrected chi connectivity index (χ1v) is 10.7. The van der Waals surface area contributed by atoms with Gasteiger partial charge in [0, 0.05) is 36.9 Å². The van der Waals surface area contributed by atoms with Crippen LogP contribution in [0.5, 0.6) is 5.75 Å². The summed E-state index contributed by atoms with van der Waals surface area (Å²) in [6, 6.07) is 16.5. The van der Waals surface area contributed by atoms with E-state index in [-0.39, 0.29) is 0 Å². The largest absolute Gasteiger partial charge is 0.508 e. The molecule has 2 aliphatic rings. The molecule has 0 fully saturated rings. The highest BCUT2D eigenvalue weighted by Crippen LogP contribution is 2.51. The zero-order valence-electron chi connectivity index (χ0n) is 16.6. The molecule has 0 aliphatic carbocycles. The number of nitrogens with zero attached hydrogens (tertiary/aromatic N) is 2. The van der Waals surface area contributed by atoms with E-state index >= 15 is 0 Å². The fraction of sp³-hybridized carbons (Fsp3) is 0.250. The van der Waals surface area contributed by atoms with Gasteiger partial charge in [-0.05, 0) is 67.0 Å². The molecule has 1 N–H and O–H groups in total. The average Bonchev–Trinajstić information content (AvgIpc) is 3.17. The van der Waals surface area contributed by atoms with Crippen LogP contribution in [0.4, 0.5) is 5.69 Å². The van der Waals surface area contributed by atoms with Crippen LogP contribution in [-0.4, -0.2) is 30.1 Å². The molecule has 0 spiro atoms. The average molecular weight is 391 g/mol. The van der Waals surface area contributed by atoms with Crippen molar-refractivity contribution in [3.63, 3.8) is 0 Å². The summed E-state index contributed by atoms with van der Waals surface area (Å²) in [7, 11) is 2.10. The third-order valence-electron chi connectivity index (χ3n) is 5.40. The summed E-state index contributed by atoms with van der Waals surface area (Å²) in [5.41, 5.74) is 6.22. The number of rotatable bonds is 5. The number of hydrogen-bond donors (Lipinski definition) is 1. The molecule has 2 aromatic carbocycles. The number of allylic oxidation sites excluding steroid dienone is 2. The molecule has 0 amide bonds. The van der Waals surface area contributed by atoms with E-state index in [0.717, 1.165) is 18.7 Å². The molecule has 2 heterocycles. The van der Waals surface area contributed by atoms with E-state index in [0.29, 0.717) is 11.0 Å². The van der Waals surface area contributed by atoms with Gasteiger partial charge in [0.2, 0.25) is 0 Å².